The molecule has 0 saturated carbocycles. The van der Waals surface area contributed by atoms with Gasteiger partial charge in [-0.2, -0.15) is 0 Å². The molecule has 2 aliphatic heterocycles. The first-order chi connectivity index (χ1) is 8.16. The highest BCUT2D eigenvalue weighted by atomic mass is 16.5. The van der Waals surface area contributed by atoms with Crippen LogP contribution >= 0.6 is 0 Å². The lowest BCUT2D eigenvalue weighted by Crippen LogP contribution is -2.43. The number of nitrogens with zero attached hydrogens (tertiary/aromatic N) is 2. The molecule has 2 fully saturated rings. The molecule has 2 heterocycles. The van der Waals surface area contributed by atoms with E-state index in [9.17, 15) is 0 Å². The van der Waals surface area contributed by atoms with E-state index in [0.717, 1.165) is 19.6 Å². The first-order valence-electron chi connectivity index (χ1n) is 6.54. The van der Waals surface area contributed by atoms with Crippen LogP contribution in [0.5, 0.6) is 0 Å². The third-order valence-electron chi connectivity index (χ3n) is 3.85. The Balaban J connectivity index is 2.02. The van der Waals surface area contributed by atoms with Gasteiger partial charge in [-0.3, -0.25) is 4.90 Å². The van der Waals surface area contributed by atoms with Gasteiger partial charge in [0.15, 0.2) is 0 Å². The van der Waals surface area contributed by atoms with Gasteiger partial charge in [-0.25, -0.2) is 6.57 Å². The monoisotopic (exact) mass is 234 g/mol. The fraction of sp³-hybridized carbons (Fsp3) is 0.786. The summed E-state index contributed by atoms with van der Waals surface area (Å²) in [6.45, 7) is 14.7. The molecule has 2 saturated heterocycles. The van der Waals surface area contributed by atoms with Crippen LogP contribution in [0.2, 0.25) is 0 Å². The van der Waals surface area contributed by atoms with Crippen LogP contribution in [0.3, 0.4) is 0 Å². The Morgan fingerprint density at radius 2 is 2.41 bits per heavy atom. The topological polar surface area (TPSA) is 16.8 Å². The Bertz CT molecular complexity index is 343. The van der Waals surface area contributed by atoms with Crippen LogP contribution in [0.15, 0.2) is 11.6 Å². The van der Waals surface area contributed by atoms with Crippen molar-refractivity contribution < 1.29 is 4.74 Å². The van der Waals surface area contributed by atoms with E-state index in [1.807, 2.05) is 0 Å². The second-order valence-electron chi connectivity index (χ2n) is 5.49. The molecular weight excluding hydrogens is 212 g/mol. The van der Waals surface area contributed by atoms with E-state index in [4.69, 9.17) is 11.3 Å². The Hall–Kier alpha value is -0.850. The summed E-state index contributed by atoms with van der Waals surface area (Å²) in [6.07, 6.45) is 6.06. The zero-order chi connectivity index (χ0) is 12.3. The number of hydrogen-bond donors (Lipinski definition) is 0. The average Bonchev–Trinajstić information content (AvgIpc) is 2.80. The zero-order valence-corrected chi connectivity index (χ0v) is 10.9. The minimum atomic E-state index is 0.248. The molecule has 0 aromatic heterocycles. The lowest BCUT2D eigenvalue weighted by atomic mass is 9.93. The van der Waals surface area contributed by atoms with E-state index in [0.29, 0.717) is 12.6 Å². The maximum absolute atomic E-state index is 6.85. The van der Waals surface area contributed by atoms with Crippen molar-refractivity contribution in [1.82, 2.24) is 4.90 Å². The van der Waals surface area contributed by atoms with Crippen LogP contribution < -0.4 is 0 Å². The van der Waals surface area contributed by atoms with Crippen LogP contribution in [-0.4, -0.2) is 42.8 Å². The molecule has 3 heteroatoms. The number of hydrogen-bond acceptors (Lipinski definition) is 2. The molecule has 0 aliphatic carbocycles. The van der Waals surface area contributed by atoms with Gasteiger partial charge in [-0.05, 0) is 45.7 Å². The summed E-state index contributed by atoms with van der Waals surface area (Å²) in [5.74, 6) is 0. The quantitative estimate of drug-likeness (QED) is 0.549. The SMILES string of the molecule is [C-]#[N+]C/C=C1\CN2CCC[C@@]2(COC(C)C)C1. The standard InChI is InChI=1S/C14H22N2O/c1-12(2)17-11-14-6-4-8-16(14)10-13(9-14)5-7-15-3/h5,12H,4,6-11H2,1-2H3/b13-5-/t14-/m0/s1. The number of fused-ring (bicyclic) bond motifs is 1. The van der Waals surface area contributed by atoms with Crippen molar-refractivity contribution in [3.05, 3.63) is 23.1 Å². The van der Waals surface area contributed by atoms with E-state index in [1.54, 1.807) is 0 Å². The molecule has 0 radical (unpaired) electrons. The Kier molecular flexibility index (Phi) is 3.86. The van der Waals surface area contributed by atoms with Gasteiger partial charge in [-0.1, -0.05) is 5.57 Å². The molecule has 0 spiro atoms. The zero-order valence-electron chi connectivity index (χ0n) is 10.9. The van der Waals surface area contributed by atoms with Crippen molar-refractivity contribution >= 4 is 0 Å². The van der Waals surface area contributed by atoms with E-state index in [2.05, 4.69) is 29.7 Å². The second-order valence-corrected chi connectivity index (χ2v) is 5.49. The fourth-order valence-electron chi connectivity index (χ4n) is 3.01. The van der Waals surface area contributed by atoms with Crippen molar-refractivity contribution in [1.29, 1.82) is 0 Å². The second kappa shape index (κ2) is 5.20. The van der Waals surface area contributed by atoms with Crippen molar-refractivity contribution in [2.24, 2.45) is 0 Å². The van der Waals surface area contributed by atoms with E-state index >= 15 is 0 Å². The summed E-state index contributed by atoms with van der Waals surface area (Å²) in [6, 6.07) is 0. The third-order valence-corrected chi connectivity index (χ3v) is 3.85. The Morgan fingerprint density at radius 1 is 1.59 bits per heavy atom. The van der Waals surface area contributed by atoms with Crippen molar-refractivity contribution in [3.8, 4) is 0 Å². The van der Waals surface area contributed by atoms with E-state index < -0.39 is 0 Å². The van der Waals surface area contributed by atoms with Crippen LogP contribution in [0.25, 0.3) is 4.85 Å². The van der Waals surface area contributed by atoms with Gasteiger partial charge in [-0.15, -0.1) is 0 Å². The van der Waals surface area contributed by atoms with Gasteiger partial charge in [0.1, 0.15) is 0 Å². The largest absolute Gasteiger partial charge is 0.377 e. The molecule has 0 amide bonds. The maximum atomic E-state index is 6.85. The molecule has 2 aliphatic rings. The summed E-state index contributed by atoms with van der Waals surface area (Å²) in [4.78, 5) is 5.97. The molecule has 0 bridgehead atoms. The maximum Gasteiger partial charge on any atom is 0.233 e. The molecule has 17 heavy (non-hydrogen) atoms. The third kappa shape index (κ3) is 2.70. The van der Waals surface area contributed by atoms with E-state index in [1.165, 1.54) is 25.0 Å². The van der Waals surface area contributed by atoms with Gasteiger partial charge in [0.05, 0.1) is 12.7 Å². The highest BCUT2D eigenvalue weighted by Crippen LogP contribution is 2.41. The molecule has 94 valence electrons. The smallest absolute Gasteiger partial charge is 0.233 e. The van der Waals surface area contributed by atoms with Gasteiger partial charge in [0.25, 0.3) is 0 Å². The minimum absolute atomic E-state index is 0.248. The van der Waals surface area contributed by atoms with Crippen LogP contribution in [0, 0.1) is 6.57 Å². The van der Waals surface area contributed by atoms with Gasteiger partial charge in [0.2, 0.25) is 6.54 Å². The summed E-state index contributed by atoms with van der Waals surface area (Å²) in [5, 5.41) is 0. The molecule has 0 aromatic rings. The molecule has 0 aromatic carbocycles. The first kappa shape index (κ1) is 12.6. The molecule has 1 atom stereocenters. The predicted octanol–water partition coefficient (Wildman–Crippen LogP) is 2.50. The molecular formula is C14H22N2O. The molecule has 3 nitrogen and oxygen atoms in total. The first-order valence-corrected chi connectivity index (χ1v) is 6.54. The van der Waals surface area contributed by atoms with Crippen LogP contribution in [0.4, 0.5) is 0 Å². The van der Waals surface area contributed by atoms with Gasteiger partial charge < -0.3 is 9.58 Å². The highest BCUT2D eigenvalue weighted by molar-refractivity contribution is 5.21. The lowest BCUT2D eigenvalue weighted by Gasteiger charge is -2.32. The Morgan fingerprint density at radius 3 is 3.12 bits per heavy atom. The van der Waals surface area contributed by atoms with Crippen molar-refractivity contribution in [2.75, 3.05) is 26.2 Å². The lowest BCUT2D eigenvalue weighted by molar-refractivity contribution is 0.00329. The predicted molar refractivity (Wildman–Crippen MR) is 68.8 cm³/mol. The Labute approximate surface area is 104 Å². The van der Waals surface area contributed by atoms with Gasteiger partial charge in [0, 0.05) is 12.1 Å². The summed E-state index contributed by atoms with van der Waals surface area (Å²) in [5.41, 5.74) is 1.69. The normalized spacial score (nSPS) is 31.1. The van der Waals surface area contributed by atoms with Crippen LogP contribution in [-0.2, 0) is 4.74 Å². The minimum Gasteiger partial charge on any atom is -0.377 e. The van der Waals surface area contributed by atoms with Crippen molar-refractivity contribution in [2.45, 2.75) is 44.8 Å². The number of rotatable bonds is 4. The van der Waals surface area contributed by atoms with Crippen molar-refractivity contribution in [3.63, 3.8) is 0 Å². The summed E-state index contributed by atoms with van der Waals surface area (Å²) in [7, 11) is 0. The molecule has 2 rings (SSSR count). The average molecular weight is 234 g/mol. The highest BCUT2D eigenvalue weighted by Gasteiger charge is 2.46. The molecule has 0 unspecified atom stereocenters. The summed E-state index contributed by atoms with van der Waals surface area (Å²) < 4.78 is 5.85. The fourth-order valence-corrected chi connectivity index (χ4v) is 3.01. The van der Waals surface area contributed by atoms with Crippen LogP contribution in [0.1, 0.15) is 33.1 Å². The number of ether oxygens (including phenoxy) is 1. The van der Waals surface area contributed by atoms with Gasteiger partial charge >= 0.3 is 0 Å². The van der Waals surface area contributed by atoms with E-state index in [-0.39, 0.29) is 5.54 Å². The summed E-state index contributed by atoms with van der Waals surface area (Å²) >= 11 is 0. The molecule has 0 N–H and O–H groups in total.